The summed E-state index contributed by atoms with van der Waals surface area (Å²) in [6, 6.07) is 9.27. The van der Waals surface area contributed by atoms with E-state index in [-0.39, 0.29) is 35.0 Å². The number of benzene rings is 1. The summed E-state index contributed by atoms with van der Waals surface area (Å²) < 4.78 is 23.5. The number of carboxylic acids is 1. The second-order valence-corrected chi connectivity index (χ2v) is 10.2. The molecule has 1 aliphatic carbocycles. The second kappa shape index (κ2) is 12.6. The molecule has 2 aromatic rings. The molecule has 0 fully saturated rings. The van der Waals surface area contributed by atoms with Crippen LogP contribution in [-0.2, 0) is 43.9 Å². The molecule has 2 heterocycles. The normalized spacial score (nSPS) is 14.6. The molecule has 11 heteroatoms. The number of hydrogen-bond acceptors (Lipinski definition) is 7. The number of nitrogens with zero attached hydrogens (tertiary/aromatic N) is 2. The molecule has 38 heavy (non-hydrogen) atoms. The van der Waals surface area contributed by atoms with Crippen molar-refractivity contribution in [3.8, 4) is 0 Å². The molecule has 0 spiro atoms. The third kappa shape index (κ3) is 6.71. The Balaban J connectivity index is 1.21. The number of hydrogen-bond donors (Lipinski definition) is 3. The van der Waals surface area contributed by atoms with Gasteiger partial charge in [-0.2, -0.15) is 8.42 Å². The Morgan fingerprint density at radius 1 is 1.03 bits per heavy atom. The van der Waals surface area contributed by atoms with Gasteiger partial charge in [0.2, 0.25) is 16.2 Å². The van der Waals surface area contributed by atoms with E-state index in [4.69, 9.17) is 4.98 Å². The summed E-state index contributed by atoms with van der Waals surface area (Å²) in [6.45, 7) is 0.0409. The van der Waals surface area contributed by atoms with Crippen LogP contribution in [0.15, 0.2) is 41.4 Å². The number of carbonyl (C=O) groups excluding carboxylic acids is 2. The molecule has 0 unspecified atom stereocenters. The number of aromatic nitrogens is 1. The lowest BCUT2D eigenvalue weighted by Crippen LogP contribution is -2.47. The van der Waals surface area contributed by atoms with Crippen molar-refractivity contribution in [1.82, 2.24) is 15.6 Å². The minimum absolute atomic E-state index is 0.0409. The van der Waals surface area contributed by atoms with Crippen molar-refractivity contribution in [3.63, 3.8) is 0 Å². The molecule has 2 amide bonds. The van der Waals surface area contributed by atoms with E-state index in [0.717, 1.165) is 31.4 Å². The maximum absolute atomic E-state index is 12.7. The summed E-state index contributed by atoms with van der Waals surface area (Å²) in [5.74, 6) is -2.41. The highest BCUT2D eigenvalue weighted by Gasteiger charge is 2.31. The van der Waals surface area contributed by atoms with Crippen molar-refractivity contribution in [2.45, 2.75) is 63.8 Å². The van der Waals surface area contributed by atoms with E-state index >= 15 is 0 Å². The van der Waals surface area contributed by atoms with Crippen LogP contribution >= 0.6 is 0 Å². The molecule has 1 aromatic heterocycles. The minimum Gasteiger partial charge on any atom is -0.480 e. The fourth-order valence-electron chi connectivity index (χ4n) is 4.67. The zero-order valence-corrected chi connectivity index (χ0v) is 21.7. The number of rotatable bonds is 11. The minimum atomic E-state index is -2.74. The van der Waals surface area contributed by atoms with Crippen LogP contribution in [0.25, 0.3) is 0 Å². The number of pyridine rings is 1. The van der Waals surface area contributed by atoms with Crippen molar-refractivity contribution in [2.75, 3.05) is 6.54 Å². The first-order valence-corrected chi connectivity index (χ1v) is 13.8. The van der Waals surface area contributed by atoms with Crippen molar-refractivity contribution in [3.05, 3.63) is 58.9 Å². The Hall–Kier alpha value is -3.86. The number of carbonyl (C=O) groups is 3. The van der Waals surface area contributed by atoms with Gasteiger partial charge in [0.25, 0.3) is 5.91 Å². The molecule has 0 saturated carbocycles. The maximum Gasteiger partial charge on any atom is 0.326 e. The van der Waals surface area contributed by atoms with Gasteiger partial charge in [-0.25, -0.2) is 9.79 Å². The maximum atomic E-state index is 12.7. The van der Waals surface area contributed by atoms with Crippen LogP contribution < -0.4 is 10.6 Å². The average Bonchev–Trinajstić information content (AvgIpc) is 3.30. The van der Waals surface area contributed by atoms with Gasteiger partial charge in [-0.3, -0.25) is 14.6 Å². The van der Waals surface area contributed by atoms with Gasteiger partial charge in [-0.05, 0) is 69.1 Å². The molecule has 1 aliphatic heterocycles. The van der Waals surface area contributed by atoms with Gasteiger partial charge >= 0.3 is 5.97 Å². The molecule has 1 atom stereocenters. The van der Waals surface area contributed by atoms with Crippen molar-refractivity contribution >= 4 is 44.3 Å². The standard InChI is InChI=1S/C27H30N4O6S/c32-23(12-6-2-8-18-14-13-17-7-1-4-10-20(17)29-18)28-16-15-22(27(34)35)31-26(33)24-25(38(36)37)19-9-3-5-11-21(19)30-24/h3,5,9,11,13-14,22H,1-2,4,6-8,10,12,15-16H2,(H,28,32)(H,31,33)(H,34,35)/t22-/m0/s1. The van der Waals surface area contributed by atoms with E-state index < -0.39 is 28.2 Å². The third-order valence-corrected chi connectivity index (χ3v) is 7.41. The van der Waals surface area contributed by atoms with E-state index in [9.17, 15) is 27.9 Å². The molecule has 0 bridgehead atoms. The molecule has 0 saturated heterocycles. The van der Waals surface area contributed by atoms with Gasteiger partial charge in [0.15, 0.2) is 5.71 Å². The summed E-state index contributed by atoms with van der Waals surface area (Å²) >= 11 is 0. The Labute approximate surface area is 222 Å². The molecule has 10 nitrogen and oxygen atoms in total. The molecule has 3 N–H and O–H groups in total. The lowest BCUT2D eigenvalue weighted by molar-refractivity contribution is -0.141. The van der Waals surface area contributed by atoms with Crippen LogP contribution in [0.1, 0.15) is 61.0 Å². The van der Waals surface area contributed by atoms with Crippen LogP contribution in [0, 0.1) is 0 Å². The summed E-state index contributed by atoms with van der Waals surface area (Å²) in [6.07, 6.45) is 7.05. The lowest BCUT2D eigenvalue weighted by atomic mass is 9.95. The summed E-state index contributed by atoms with van der Waals surface area (Å²) in [5, 5.41) is 14.5. The van der Waals surface area contributed by atoms with Gasteiger partial charge in [-0.1, -0.05) is 24.3 Å². The van der Waals surface area contributed by atoms with E-state index in [0.29, 0.717) is 18.5 Å². The first-order valence-electron chi connectivity index (χ1n) is 12.8. The van der Waals surface area contributed by atoms with Crippen LogP contribution in [0.3, 0.4) is 0 Å². The van der Waals surface area contributed by atoms with Crippen LogP contribution in [0.5, 0.6) is 0 Å². The van der Waals surface area contributed by atoms with Gasteiger partial charge in [0.1, 0.15) is 10.9 Å². The van der Waals surface area contributed by atoms with E-state index in [2.05, 4.69) is 27.8 Å². The second-order valence-electron chi connectivity index (χ2n) is 9.37. The quantitative estimate of drug-likeness (QED) is 0.292. The van der Waals surface area contributed by atoms with E-state index in [1.165, 1.54) is 30.2 Å². The number of aliphatic imine (C=N–C) groups is 1. The van der Waals surface area contributed by atoms with Gasteiger partial charge in [0, 0.05) is 29.9 Å². The Kier molecular flexibility index (Phi) is 9.01. The number of fused-ring (bicyclic) bond motifs is 2. The molecule has 200 valence electrons. The summed E-state index contributed by atoms with van der Waals surface area (Å²) in [7, 11) is -2.74. The molecule has 1 aromatic carbocycles. The van der Waals surface area contributed by atoms with Gasteiger partial charge in [0.05, 0.1) is 5.69 Å². The first kappa shape index (κ1) is 27.2. The molecular formula is C27H30N4O6S. The van der Waals surface area contributed by atoms with E-state index in [1.54, 1.807) is 18.2 Å². The van der Waals surface area contributed by atoms with Crippen molar-refractivity contribution < 1.29 is 27.9 Å². The largest absolute Gasteiger partial charge is 0.480 e. The fourth-order valence-corrected chi connectivity index (χ4v) is 5.32. The molecule has 0 radical (unpaired) electrons. The predicted molar refractivity (Wildman–Crippen MR) is 142 cm³/mol. The van der Waals surface area contributed by atoms with Crippen LogP contribution in [0.4, 0.5) is 5.69 Å². The zero-order valence-electron chi connectivity index (χ0n) is 20.9. The monoisotopic (exact) mass is 538 g/mol. The summed E-state index contributed by atoms with van der Waals surface area (Å²) in [5.41, 5.74) is 3.83. The highest BCUT2D eigenvalue weighted by atomic mass is 32.2. The lowest BCUT2D eigenvalue weighted by Gasteiger charge is -2.15. The molecular weight excluding hydrogens is 508 g/mol. The number of carboxylic acid groups (broad SMARTS) is 1. The number of amides is 2. The number of nitrogens with one attached hydrogen (secondary N) is 2. The number of aliphatic carboxylic acids is 1. The average molecular weight is 539 g/mol. The third-order valence-electron chi connectivity index (χ3n) is 6.66. The zero-order chi connectivity index (χ0) is 27.1. The predicted octanol–water partition coefficient (Wildman–Crippen LogP) is 1.93. The first-order chi connectivity index (χ1) is 18.3. The SMILES string of the molecule is O=C(CCCCc1ccc2c(n1)CCCC2)NCC[C@H](NC(=O)C1=Nc2ccccc2C1=S(=O)=O)C(=O)O. The number of para-hydroxylation sites is 1. The highest BCUT2D eigenvalue weighted by molar-refractivity contribution is 7.75. The van der Waals surface area contributed by atoms with Crippen molar-refractivity contribution in [2.24, 2.45) is 4.99 Å². The van der Waals surface area contributed by atoms with Gasteiger partial charge in [-0.15, -0.1) is 0 Å². The number of unbranched alkanes of at least 4 members (excludes halogenated alkanes) is 1. The van der Waals surface area contributed by atoms with Gasteiger partial charge < -0.3 is 15.7 Å². The Bertz CT molecular complexity index is 1410. The Morgan fingerprint density at radius 2 is 1.82 bits per heavy atom. The van der Waals surface area contributed by atoms with Crippen molar-refractivity contribution in [1.29, 1.82) is 0 Å². The molecule has 4 rings (SSSR count). The highest BCUT2D eigenvalue weighted by Crippen LogP contribution is 2.26. The number of aryl methyl sites for hydroxylation is 3. The Morgan fingerprint density at radius 3 is 2.61 bits per heavy atom. The summed E-state index contributed by atoms with van der Waals surface area (Å²) in [4.78, 5) is 45.2. The fraction of sp³-hybridized carbons (Fsp3) is 0.407. The van der Waals surface area contributed by atoms with Crippen LogP contribution in [0.2, 0.25) is 0 Å². The topological polar surface area (TPSA) is 155 Å². The smallest absolute Gasteiger partial charge is 0.326 e. The molecule has 2 aliphatic rings. The van der Waals surface area contributed by atoms with Crippen LogP contribution in [-0.4, -0.2) is 59.5 Å². The van der Waals surface area contributed by atoms with E-state index in [1.807, 2.05) is 0 Å².